The second-order valence-corrected chi connectivity index (χ2v) is 6.85. The zero-order valence-electron chi connectivity index (χ0n) is 12.6. The summed E-state index contributed by atoms with van der Waals surface area (Å²) in [4.78, 5) is 0. The van der Waals surface area contributed by atoms with E-state index in [2.05, 4.69) is 74.6 Å². The van der Waals surface area contributed by atoms with Gasteiger partial charge in [0.2, 0.25) is 0 Å². The molecule has 1 N–H and O–H groups in total. The van der Waals surface area contributed by atoms with E-state index in [-0.39, 0.29) is 5.41 Å². The van der Waals surface area contributed by atoms with Crippen LogP contribution in [0, 0.1) is 0 Å². The van der Waals surface area contributed by atoms with Gasteiger partial charge in [-0.3, -0.25) is 0 Å². The molecule has 2 aromatic rings. The molecule has 1 nitrogen and oxygen atoms in total. The zero-order chi connectivity index (χ0) is 14.2. The van der Waals surface area contributed by atoms with E-state index in [4.69, 9.17) is 0 Å². The molecule has 2 aromatic carbocycles. The summed E-state index contributed by atoms with van der Waals surface area (Å²) in [7, 11) is 0. The predicted octanol–water partition coefficient (Wildman–Crippen LogP) is 4.56. The Balaban J connectivity index is 1.68. The summed E-state index contributed by atoms with van der Waals surface area (Å²) in [5.74, 6) is 0. The van der Waals surface area contributed by atoms with Gasteiger partial charge >= 0.3 is 0 Å². The lowest BCUT2D eigenvalue weighted by Gasteiger charge is -2.20. The second-order valence-electron chi connectivity index (χ2n) is 6.85. The minimum Gasteiger partial charge on any atom is -0.382 e. The van der Waals surface area contributed by atoms with Crippen LogP contribution in [0.2, 0.25) is 0 Å². The first-order chi connectivity index (χ1) is 9.52. The maximum Gasteiger partial charge on any atom is 0.0342 e. The van der Waals surface area contributed by atoms with Crippen LogP contribution in [0.5, 0.6) is 0 Å². The van der Waals surface area contributed by atoms with Crippen molar-refractivity contribution in [3.8, 4) is 0 Å². The molecular formula is C19H23N. The van der Waals surface area contributed by atoms with E-state index in [1.54, 1.807) is 0 Å². The molecule has 0 spiro atoms. The molecule has 0 unspecified atom stereocenters. The highest BCUT2D eigenvalue weighted by Gasteiger charge is 2.20. The summed E-state index contributed by atoms with van der Waals surface area (Å²) in [5.41, 5.74) is 5.84. The van der Waals surface area contributed by atoms with Crippen molar-refractivity contribution in [2.75, 3.05) is 5.32 Å². The fourth-order valence-corrected chi connectivity index (χ4v) is 2.96. The van der Waals surface area contributed by atoms with Crippen molar-refractivity contribution in [2.45, 2.75) is 45.1 Å². The van der Waals surface area contributed by atoms with Crippen LogP contribution in [0.3, 0.4) is 0 Å². The standard InChI is InChI=1S/C19H23N/c1-19(2,3)16-8-10-17(11-9-16)20-18-12-14-6-4-5-7-15(14)13-18/h4-11,18,20H,12-13H2,1-3H3. The van der Waals surface area contributed by atoms with Crippen molar-refractivity contribution in [3.63, 3.8) is 0 Å². The lowest BCUT2D eigenvalue weighted by atomic mass is 9.87. The molecule has 0 radical (unpaired) electrons. The average Bonchev–Trinajstić information content (AvgIpc) is 2.80. The number of rotatable bonds is 2. The van der Waals surface area contributed by atoms with Crippen LogP contribution in [0.15, 0.2) is 48.5 Å². The van der Waals surface area contributed by atoms with Crippen molar-refractivity contribution < 1.29 is 0 Å². The summed E-state index contributed by atoms with van der Waals surface area (Å²) >= 11 is 0. The van der Waals surface area contributed by atoms with Gasteiger partial charge in [0.05, 0.1) is 0 Å². The molecule has 1 aliphatic carbocycles. The molecule has 1 heteroatoms. The molecule has 20 heavy (non-hydrogen) atoms. The van der Waals surface area contributed by atoms with Crippen molar-refractivity contribution in [2.24, 2.45) is 0 Å². The number of benzene rings is 2. The molecule has 0 fully saturated rings. The Morgan fingerprint density at radius 3 is 1.90 bits per heavy atom. The Kier molecular flexibility index (Phi) is 3.29. The van der Waals surface area contributed by atoms with E-state index in [0.29, 0.717) is 6.04 Å². The van der Waals surface area contributed by atoms with Crippen LogP contribution in [-0.2, 0) is 18.3 Å². The highest BCUT2D eigenvalue weighted by Crippen LogP contribution is 2.26. The van der Waals surface area contributed by atoms with E-state index in [1.807, 2.05) is 0 Å². The Labute approximate surface area is 122 Å². The van der Waals surface area contributed by atoms with Crippen molar-refractivity contribution in [1.29, 1.82) is 0 Å². The number of anilines is 1. The van der Waals surface area contributed by atoms with Crippen LogP contribution in [0.1, 0.15) is 37.5 Å². The Morgan fingerprint density at radius 1 is 0.850 bits per heavy atom. The van der Waals surface area contributed by atoms with Gasteiger partial charge in [0.15, 0.2) is 0 Å². The molecule has 0 heterocycles. The van der Waals surface area contributed by atoms with Gasteiger partial charge in [-0.25, -0.2) is 0 Å². The molecule has 0 aromatic heterocycles. The van der Waals surface area contributed by atoms with E-state index < -0.39 is 0 Å². The lowest BCUT2D eigenvalue weighted by Crippen LogP contribution is -2.19. The molecule has 0 aliphatic heterocycles. The van der Waals surface area contributed by atoms with Crippen LogP contribution < -0.4 is 5.32 Å². The highest BCUT2D eigenvalue weighted by atomic mass is 14.9. The molecule has 104 valence electrons. The summed E-state index contributed by atoms with van der Waals surface area (Å²) in [6.07, 6.45) is 2.27. The summed E-state index contributed by atoms with van der Waals surface area (Å²) in [6, 6.07) is 18.2. The van der Waals surface area contributed by atoms with Crippen LogP contribution in [-0.4, -0.2) is 6.04 Å². The fraction of sp³-hybridized carbons (Fsp3) is 0.368. The van der Waals surface area contributed by atoms with Gasteiger partial charge in [-0.1, -0.05) is 57.2 Å². The first-order valence-electron chi connectivity index (χ1n) is 7.46. The quantitative estimate of drug-likeness (QED) is 0.839. The molecule has 3 rings (SSSR count). The SMILES string of the molecule is CC(C)(C)c1ccc(NC2Cc3ccccc3C2)cc1. The number of fused-ring (bicyclic) bond motifs is 1. The largest absolute Gasteiger partial charge is 0.382 e. The van der Waals surface area contributed by atoms with Crippen molar-refractivity contribution in [1.82, 2.24) is 0 Å². The molecule has 0 saturated heterocycles. The van der Waals surface area contributed by atoms with Crippen LogP contribution in [0.25, 0.3) is 0 Å². The fourth-order valence-electron chi connectivity index (χ4n) is 2.96. The summed E-state index contributed by atoms with van der Waals surface area (Å²) in [6.45, 7) is 6.76. The molecule has 0 saturated carbocycles. The minimum atomic E-state index is 0.224. The van der Waals surface area contributed by atoms with Gasteiger partial charge in [0, 0.05) is 11.7 Å². The Hall–Kier alpha value is -1.76. The van der Waals surface area contributed by atoms with E-state index in [9.17, 15) is 0 Å². The van der Waals surface area contributed by atoms with Crippen LogP contribution in [0.4, 0.5) is 5.69 Å². The van der Waals surface area contributed by atoms with E-state index in [1.165, 1.54) is 22.4 Å². The maximum atomic E-state index is 3.67. The first-order valence-corrected chi connectivity index (χ1v) is 7.46. The minimum absolute atomic E-state index is 0.224. The van der Waals surface area contributed by atoms with Gasteiger partial charge < -0.3 is 5.32 Å². The van der Waals surface area contributed by atoms with Crippen molar-refractivity contribution >= 4 is 5.69 Å². The number of nitrogens with one attached hydrogen (secondary N) is 1. The average molecular weight is 265 g/mol. The van der Waals surface area contributed by atoms with Gasteiger partial charge in [-0.05, 0) is 47.1 Å². The monoisotopic (exact) mass is 265 g/mol. The Bertz CT molecular complexity index is 565. The zero-order valence-corrected chi connectivity index (χ0v) is 12.6. The summed E-state index contributed by atoms with van der Waals surface area (Å²) < 4.78 is 0. The molecular weight excluding hydrogens is 242 g/mol. The third-order valence-corrected chi connectivity index (χ3v) is 4.17. The normalized spacial score (nSPS) is 15.2. The molecule has 0 bridgehead atoms. The van der Waals surface area contributed by atoms with Crippen molar-refractivity contribution in [3.05, 3.63) is 65.2 Å². The van der Waals surface area contributed by atoms with Crippen LogP contribution >= 0.6 is 0 Å². The predicted molar refractivity (Wildman–Crippen MR) is 86.4 cm³/mol. The van der Waals surface area contributed by atoms with Gasteiger partial charge in [0.25, 0.3) is 0 Å². The van der Waals surface area contributed by atoms with Gasteiger partial charge in [0.1, 0.15) is 0 Å². The summed E-state index contributed by atoms with van der Waals surface area (Å²) in [5, 5.41) is 3.67. The molecule has 0 amide bonds. The van der Waals surface area contributed by atoms with Gasteiger partial charge in [-0.2, -0.15) is 0 Å². The third-order valence-electron chi connectivity index (χ3n) is 4.17. The van der Waals surface area contributed by atoms with Gasteiger partial charge in [-0.15, -0.1) is 0 Å². The first kappa shape index (κ1) is 13.2. The topological polar surface area (TPSA) is 12.0 Å². The number of hydrogen-bond acceptors (Lipinski definition) is 1. The number of hydrogen-bond donors (Lipinski definition) is 1. The third kappa shape index (κ3) is 2.72. The molecule has 0 atom stereocenters. The molecule has 1 aliphatic rings. The lowest BCUT2D eigenvalue weighted by molar-refractivity contribution is 0.590. The second kappa shape index (κ2) is 4.97. The smallest absolute Gasteiger partial charge is 0.0342 e. The van der Waals surface area contributed by atoms with E-state index >= 15 is 0 Å². The van der Waals surface area contributed by atoms with E-state index in [0.717, 1.165) is 12.8 Å². The Morgan fingerprint density at radius 2 is 1.40 bits per heavy atom. The highest BCUT2D eigenvalue weighted by molar-refractivity contribution is 5.48. The maximum absolute atomic E-state index is 3.67.